The fourth-order valence-corrected chi connectivity index (χ4v) is 3.11. The Kier molecular flexibility index (Phi) is 4.33. The molecule has 2 aromatic rings. The molecule has 1 N–H and O–H groups in total. The van der Waals surface area contributed by atoms with Gasteiger partial charge in [0.05, 0.1) is 7.11 Å². The number of methoxy groups -OCH3 is 1. The van der Waals surface area contributed by atoms with Crippen molar-refractivity contribution in [1.82, 2.24) is 14.5 Å². The summed E-state index contributed by atoms with van der Waals surface area (Å²) in [5, 5.41) is 9.06. The molecule has 1 amide bonds. The Labute approximate surface area is 141 Å². The molecule has 3 rings (SSSR count). The molecule has 7 heteroatoms. The lowest BCUT2D eigenvalue weighted by Crippen LogP contribution is -2.48. The van der Waals surface area contributed by atoms with E-state index in [0.717, 1.165) is 22.9 Å². The average Bonchev–Trinajstić information content (AvgIpc) is 2.93. The molecule has 0 unspecified atom stereocenters. The van der Waals surface area contributed by atoms with Gasteiger partial charge in [0.1, 0.15) is 11.5 Å². The summed E-state index contributed by atoms with van der Waals surface area (Å²) >= 11 is 0. The Bertz CT molecular complexity index is 729. The fourth-order valence-electron chi connectivity index (χ4n) is 3.11. The first kappa shape index (κ1) is 16.2. The maximum atomic E-state index is 11.0. The van der Waals surface area contributed by atoms with Gasteiger partial charge in [-0.1, -0.05) is 0 Å². The lowest BCUT2D eigenvalue weighted by molar-refractivity contribution is 0.142. The Morgan fingerprint density at radius 1 is 1.08 bits per heavy atom. The monoisotopic (exact) mass is 330 g/mol. The van der Waals surface area contributed by atoms with E-state index in [1.807, 2.05) is 26.0 Å². The van der Waals surface area contributed by atoms with Gasteiger partial charge in [0.2, 0.25) is 5.88 Å². The van der Waals surface area contributed by atoms with Gasteiger partial charge >= 0.3 is 6.09 Å². The predicted molar refractivity (Wildman–Crippen MR) is 91.4 cm³/mol. The smallest absolute Gasteiger partial charge is 0.407 e. The van der Waals surface area contributed by atoms with Crippen LogP contribution in [-0.4, -0.2) is 58.9 Å². The molecule has 0 radical (unpaired) electrons. The minimum atomic E-state index is -0.867. The van der Waals surface area contributed by atoms with Crippen molar-refractivity contribution in [3.63, 3.8) is 0 Å². The van der Waals surface area contributed by atoms with Crippen LogP contribution in [0.3, 0.4) is 0 Å². The van der Waals surface area contributed by atoms with Gasteiger partial charge in [-0.2, -0.15) is 4.98 Å². The van der Waals surface area contributed by atoms with Crippen LogP contribution in [0.15, 0.2) is 24.3 Å². The lowest BCUT2D eigenvalue weighted by Gasteiger charge is -2.35. The fraction of sp³-hybridized carbons (Fsp3) is 0.412. The zero-order valence-electron chi connectivity index (χ0n) is 14.2. The second kappa shape index (κ2) is 6.43. The Hall–Kier alpha value is -2.70. The number of aryl methyl sites for hydroxylation is 2. The van der Waals surface area contributed by atoms with Crippen LogP contribution in [-0.2, 0) is 0 Å². The topological polar surface area (TPSA) is 70.8 Å². The van der Waals surface area contributed by atoms with E-state index in [2.05, 4.69) is 26.6 Å². The largest absolute Gasteiger partial charge is 0.479 e. The van der Waals surface area contributed by atoms with Gasteiger partial charge in [-0.25, -0.2) is 4.79 Å². The van der Waals surface area contributed by atoms with Crippen molar-refractivity contribution < 1.29 is 14.6 Å². The zero-order valence-corrected chi connectivity index (χ0v) is 14.2. The van der Waals surface area contributed by atoms with Crippen molar-refractivity contribution in [2.24, 2.45) is 0 Å². The number of carbonyl (C=O) groups is 1. The van der Waals surface area contributed by atoms with E-state index in [1.165, 1.54) is 4.90 Å². The quantitative estimate of drug-likeness (QED) is 0.935. The van der Waals surface area contributed by atoms with E-state index in [0.29, 0.717) is 32.1 Å². The third-order valence-electron chi connectivity index (χ3n) is 4.41. The molecule has 3 heterocycles. The van der Waals surface area contributed by atoms with Gasteiger partial charge in [0, 0.05) is 37.6 Å². The van der Waals surface area contributed by atoms with Crippen LogP contribution >= 0.6 is 0 Å². The predicted octanol–water partition coefficient (Wildman–Crippen LogP) is 2.30. The van der Waals surface area contributed by atoms with Crippen LogP contribution < -0.4 is 9.64 Å². The molecule has 1 saturated heterocycles. The Balaban J connectivity index is 1.87. The van der Waals surface area contributed by atoms with Gasteiger partial charge in [0.15, 0.2) is 0 Å². The van der Waals surface area contributed by atoms with Crippen LogP contribution in [0, 0.1) is 13.8 Å². The normalized spacial score (nSPS) is 14.8. The third kappa shape index (κ3) is 2.89. The zero-order chi connectivity index (χ0) is 17.3. The Morgan fingerprint density at radius 2 is 1.71 bits per heavy atom. The summed E-state index contributed by atoms with van der Waals surface area (Å²) in [7, 11) is 1.61. The number of piperazine rings is 1. The highest BCUT2D eigenvalue weighted by molar-refractivity contribution is 5.66. The molecular weight excluding hydrogens is 308 g/mol. The van der Waals surface area contributed by atoms with E-state index in [4.69, 9.17) is 9.84 Å². The lowest BCUT2D eigenvalue weighted by atomic mass is 10.2. The van der Waals surface area contributed by atoms with E-state index in [1.54, 1.807) is 7.11 Å². The van der Waals surface area contributed by atoms with Crippen molar-refractivity contribution in [2.45, 2.75) is 13.8 Å². The summed E-state index contributed by atoms with van der Waals surface area (Å²) in [4.78, 5) is 19.2. The van der Waals surface area contributed by atoms with Crippen molar-refractivity contribution in [3.8, 4) is 11.7 Å². The van der Waals surface area contributed by atoms with Crippen molar-refractivity contribution in [1.29, 1.82) is 0 Å². The van der Waals surface area contributed by atoms with Crippen LogP contribution in [0.25, 0.3) is 5.82 Å². The first-order valence-corrected chi connectivity index (χ1v) is 7.94. The molecule has 0 aliphatic carbocycles. The highest BCUT2D eigenvalue weighted by Crippen LogP contribution is 2.29. The summed E-state index contributed by atoms with van der Waals surface area (Å²) in [5.41, 5.74) is 3.13. The molecule has 24 heavy (non-hydrogen) atoms. The SMILES string of the molecule is COc1nc(-n2c(C)ccc2C)ccc1N1CCN(C(=O)O)CC1. The number of hydrogen-bond acceptors (Lipinski definition) is 4. The molecule has 1 fully saturated rings. The third-order valence-corrected chi connectivity index (χ3v) is 4.41. The van der Waals surface area contributed by atoms with Crippen molar-refractivity contribution >= 4 is 11.8 Å². The number of hydrogen-bond donors (Lipinski definition) is 1. The van der Waals surface area contributed by atoms with Crippen molar-refractivity contribution in [2.75, 3.05) is 38.2 Å². The van der Waals surface area contributed by atoms with Gasteiger partial charge in [-0.05, 0) is 38.1 Å². The summed E-state index contributed by atoms with van der Waals surface area (Å²) in [6, 6.07) is 8.09. The maximum Gasteiger partial charge on any atom is 0.407 e. The van der Waals surface area contributed by atoms with E-state index < -0.39 is 6.09 Å². The maximum absolute atomic E-state index is 11.0. The number of pyridine rings is 1. The summed E-state index contributed by atoms with van der Waals surface area (Å²) in [6.45, 7) is 6.31. The minimum absolute atomic E-state index is 0.482. The van der Waals surface area contributed by atoms with Crippen LogP contribution in [0.2, 0.25) is 0 Å². The molecule has 1 aliphatic heterocycles. The molecule has 7 nitrogen and oxygen atoms in total. The first-order valence-electron chi connectivity index (χ1n) is 7.94. The van der Waals surface area contributed by atoms with E-state index in [9.17, 15) is 4.79 Å². The van der Waals surface area contributed by atoms with Crippen molar-refractivity contribution in [3.05, 3.63) is 35.7 Å². The first-order chi connectivity index (χ1) is 11.5. The van der Waals surface area contributed by atoms with Gasteiger partial charge in [-0.15, -0.1) is 0 Å². The van der Waals surface area contributed by atoms with Crippen LogP contribution in [0.1, 0.15) is 11.4 Å². The Morgan fingerprint density at radius 3 is 2.25 bits per heavy atom. The van der Waals surface area contributed by atoms with Gasteiger partial charge in [0.25, 0.3) is 0 Å². The standard InChI is InChI=1S/C17H22N4O3/c1-12-4-5-13(2)21(12)15-7-6-14(16(18-15)24-3)19-8-10-20(11-9-19)17(22)23/h4-7H,8-11H2,1-3H3,(H,22,23). The summed E-state index contributed by atoms with van der Waals surface area (Å²) in [5.74, 6) is 1.38. The molecule has 0 saturated carbocycles. The van der Waals surface area contributed by atoms with Crippen LogP contribution in [0.4, 0.5) is 10.5 Å². The molecule has 2 aromatic heterocycles. The highest BCUT2D eigenvalue weighted by Gasteiger charge is 2.23. The van der Waals surface area contributed by atoms with Gasteiger partial charge < -0.3 is 24.2 Å². The van der Waals surface area contributed by atoms with Crippen LogP contribution in [0.5, 0.6) is 5.88 Å². The number of carboxylic acid groups (broad SMARTS) is 1. The number of nitrogens with zero attached hydrogens (tertiary/aromatic N) is 4. The number of anilines is 1. The minimum Gasteiger partial charge on any atom is -0.479 e. The van der Waals surface area contributed by atoms with E-state index >= 15 is 0 Å². The molecule has 1 aliphatic rings. The number of amides is 1. The second-order valence-electron chi connectivity index (χ2n) is 5.91. The summed E-state index contributed by atoms with van der Waals surface area (Å²) in [6.07, 6.45) is -0.867. The average molecular weight is 330 g/mol. The summed E-state index contributed by atoms with van der Waals surface area (Å²) < 4.78 is 7.57. The molecule has 0 atom stereocenters. The number of aromatic nitrogens is 2. The molecular formula is C17H22N4O3. The molecule has 0 spiro atoms. The number of ether oxygens (including phenoxy) is 1. The molecule has 128 valence electrons. The second-order valence-corrected chi connectivity index (χ2v) is 5.91. The van der Waals surface area contributed by atoms with E-state index in [-0.39, 0.29) is 0 Å². The van der Waals surface area contributed by atoms with Gasteiger partial charge in [-0.3, -0.25) is 0 Å². The molecule has 0 bridgehead atoms. The number of rotatable bonds is 3. The molecule has 0 aromatic carbocycles. The highest BCUT2D eigenvalue weighted by atomic mass is 16.5.